The molecule has 6 nitrogen and oxygen atoms in total. The monoisotopic (exact) mass is 399 g/mol. The smallest absolute Gasteiger partial charge is 0.266 e. The van der Waals surface area contributed by atoms with Crippen molar-refractivity contribution in [3.05, 3.63) is 23.0 Å². The maximum atomic E-state index is 12.7. The van der Waals surface area contributed by atoms with E-state index in [9.17, 15) is 13.2 Å². The molecule has 1 aliphatic rings. The summed E-state index contributed by atoms with van der Waals surface area (Å²) in [6.07, 6.45) is 5.33. The quantitative estimate of drug-likeness (QED) is 0.742. The molecule has 0 aliphatic carbocycles. The highest BCUT2D eigenvalue weighted by Crippen LogP contribution is 2.24. The van der Waals surface area contributed by atoms with E-state index in [0.717, 1.165) is 34.2 Å². The van der Waals surface area contributed by atoms with E-state index in [-0.39, 0.29) is 5.91 Å². The van der Waals surface area contributed by atoms with Crippen LogP contribution in [0.4, 0.5) is 0 Å². The lowest BCUT2D eigenvalue weighted by Gasteiger charge is -2.31. The second-order valence-corrected chi connectivity index (χ2v) is 9.94. The van der Waals surface area contributed by atoms with E-state index in [1.165, 1.54) is 15.6 Å². The Morgan fingerprint density at radius 3 is 2.80 bits per heavy atom. The Morgan fingerprint density at radius 2 is 2.12 bits per heavy atom. The molecule has 0 bridgehead atoms. The van der Waals surface area contributed by atoms with Crippen LogP contribution in [0.5, 0.6) is 0 Å². The second-order valence-electron chi connectivity index (χ2n) is 6.11. The average Bonchev–Trinajstić information content (AvgIpc) is 2.89. The molecule has 1 aromatic carbocycles. The predicted octanol–water partition coefficient (Wildman–Crippen LogP) is 2.20. The van der Waals surface area contributed by atoms with Crippen molar-refractivity contribution >= 4 is 49.2 Å². The van der Waals surface area contributed by atoms with Gasteiger partial charge in [0.05, 0.1) is 16.5 Å². The standard InChI is InChI=1S/C16H21N3O3S3/c1-18-12-8-7-11(23-2)10-14(12)24-16(18)17-15(20)13-6-4-5-9-19(13)25(3,21)22/h7-8,10,13H,4-6,9H2,1-3H3. The molecule has 136 valence electrons. The molecule has 2 heterocycles. The third-order valence-electron chi connectivity index (χ3n) is 4.39. The molecule has 1 fully saturated rings. The lowest BCUT2D eigenvalue weighted by Crippen LogP contribution is -2.47. The van der Waals surface area contributed by atoms with Gasteiger partial charge in [-0.3, -0.25) is 4.79 Å². The number of rotatable bonds is 3. The Morgan fingerprint density at radius 1 is 1.36 bits per heavy atom. The molecule has 25 heavy (non-hydrogen) atoms. The van der Waals surface area contributed by atoms with Crippen molar-refractivity contribution in [3.8, 4) is 0 Å². The fourth-order valence-corrected chi connectivity index (χ4v) is 5.76. The summed E-state index contributed by atoms with van der Waals surface area (Å²) in [5.74, 6) is -0.377. The predicted molar refractivity (Wildman–Crippen MR) is 102 cm³/mol. The van der Waals surface area contributed by atoms with Crippen LogP contribution in [-0.2, 0) is 21.9 Å². The molecule has 9 heteroatoms. The molecule has 0 spiro atoms. The molecule has 1 aliphatic heterocycles. The highest BCUT2D eigenvalue weighted by molar-refractivity contribution is 7.98. The molecule has 1 amide bonds. The number of carbonyl (C=O) groups is 1. The van der Waals surface area contributed by atoms with Gasteiger partial charge in [-0.15, -0.1) is 11.8 Å². The van der Waals surface area contributed by atoms with Gasteiger partial charge in [0.2, 0.25) is 10.0 Å². The van der Waals surface area contributed by atoms with Crippen LogP contribution in [0.3, 0.4) is 0 Å². The van der Waals surface area contributed by atoms with Crippen molar-refractivity contribution < 1.29 is 13.2 Å². The minimum Gasteiger partial charge on any atom is -0.319 e. The van der Waals surface area contributed by atoms with Gasteiger partial charge in [0, 0.05) is 18.5 Å². The third-order valence-corrected chi connectivity index (χ3v) is 7.50. The zero-order valence-corrected chi connectivity index (χ0v) is 16.9. The maximum absolute atomic E-state index is 12.7. The number of aryl methyl sites for hydroxylation is 1. The van der Waals surface area contributed by atoms with E-state index in [2.05, 4.69) is 11.1 Å². The maximum Gasteiger partial charge on any atom is 0.266 e. The Bertz CT molecular complexity index is 975. The van der Waals surface area contributed by atoms with Gasteiger partial charge in [-0.2, -0.15) is 9.30 Å². The van der Waals surface area contributed by atoms with Gasteiger partial charge in [0.25, 0.3) is 5.91 Å². The second kappa shape index (κ2) is 7.22. The van der Waals surface area contributed by atoms with Gasteiger partial charge in [0.1, 0.15) is 6.04 Å². The highest BCUT2D eigenvalue weighted by atomic mass is 32.2. The summed E-state index contributed by atoms with van der Waals surface area (Å²) in [7, 11) is -1.54. The minimum absolute atomic E-state index is 0.377. The van der Waals surface area contributed by atoms with Crippen molar-refractivity contribution in [1.82, 2.24) is 8.87 Å². The van der Waals surface area contributed by atoms with E-state index in [1.807, 2.05) is 30.0 Å². The number of hydrogen-bond acceptors (Lipinski definition) is 5. The van der Waals surface area contributed by atoms with Gasteiger partial charge in [-0.25, -0.2) is 8.42 Å². The van der Waals surface area contributed by atoms with Crippen LogP contribution in [0, 0.1) is 0 Å². The first-order valence-corrected chi connectivity index (χ1v) is 11.9. The fraction of sp³-hybridized carbons (Fsp3) is 0.500. The number of amides is 1. The molecular formula is C16H21N3O3S3. The summed E-state index contributed by atoms with van der Waals surface area (Å²) in [4.78, 5) is 18.7. The van der Waals surface area contributed by atoms with Gasteiger partial charge in [-0.1, -0.05) is 17.8 Å². The summed E-state index contributed by atoms with van der Waals surface area (Å²) in [6, 6.07) is 5.45. The average molecular weight is 400 g/mol. The number of benzene rings is 1. The minimum atomic E-state index is -3.41. The number of thioether (sulfide) groups is 1. The van der Waals surface area contributed by atoms with Crippen LogP contribution in [-0.4, -0.2) is 48.3 Å². The van der Waals surface area contributed by atoms with Crippen LogP contribution in [0.1, 0.15) is 19.3 Å². The Labute approximate surface area is 155 Å². The Hall–Kier alpha value is -1.16. The fourth-order valence-electron chi connectivity index (χ4n) is 3.07. The highest BCUT2D eigenvalue weighted by Gasteiger charge is 2.34. The van der Waals surface area contributed by atoms with Crippen molar-refractivity contribution in [1.29, 1.82) is 0 Å². The Balaban J connectivity index is 2.00. The first kappa shape index (κ1) is 18.6. The van der Waals surface area contributed by atoms with Crippen LogP contribution in [0.15, 0.2) is 28.1 Å². The lowest BCUT2D eigenvalue weighted by molar-refractivity contribution is -0.122. The van der Waals surface area contributed by atoms with Gasteiger partial charge in [0.15, 0.2) is 4.80 Å². The molecule has 1 unspecified atom stereocenters. The van der Waals surface area contributed by atoms with Crippen molar-refractivity contribution in [2.24, 2.45) is 12.0 Å². The van der Waals surface area contributed by atoms with Crippen LogP contribution in [0.25, 0.3) is 10.2 Å². The summed E-state index contributed by atoms with van der Waals surface area (Å²) < 4.78 is 28.2. The molecular weight excluding hydrogens is 378 g/mol. The van der Waals surface area contributed by atoms with Crippen LogP contribution in [0.2, 0.25) is 0 Å². The van der Waals surface area contributed by atoms with Crippen molar-refractivity contribution in [3.63, 3.8) is 0 Å². The zero-order chi connectivity index (χ0) is 18.2. The van der Waals surface area contributed by atoms with E-state index in [1.54, 1.807) is 11.8 Å². The molecule has 0 N–H and O–H groups in total. The number of piperidine rings is 1. The number of sulfonamides is 1. The van der Waals surface area contributed by atoms with Gasteiger partial charge >= 0.3 is 0 Å². The normalized spacial score (nSPS) is 20.3. The molecule has 1 atom stereocenters. The summed E-state index contributed by atoms with van der Waals surface area (Å²) in [5, 5.41) is 0. The Kier molecular flexibility index (Phi) is 5.38. The summed E-state index contributed by atoms with van der Waals surface area (Å²) in [5.41, 5.74) is 1.01. The first-order chi connectivity index (χ1) is 11.8. The van der Waals surface area contributed by atoms with Crippen LogP contribution < -0.4 is 4.80 Å². The number of aromatic nitrogens is 1. The van der Waals surface area contributed by atoms with E-state index >= 15 is 0 Å². The van der Waals surface area contributed by atoms with E-state index in [4.69, 9.17) is 0 Å². The van der Waals surface area contributed by atoms with Crippen molar-refractivity contribution in [2.75, 3.05) is 19.1 Å². The van der Waals surface area contributed by atoms with Crippen LogP contribution >= 0.6 is 23.1 Å². The SMILES string of the molecule is CSc1ccc2c(c1)sc(=NC(=O)C1CCCCN1S(C)(=O)=O)n2C. The van der Waals surface area contributed by atoms with Gasteiger partial charge in [-0.05, 0) is 37.3 Å². The number of nitrogens with zero attached hydrogens (tertiary/aromatic N) is 3. The first-order valence-electron chi connectivity index (χ1n) is 8.00. The largest absolute Gasteiger partial charge is 0.319 e. The number of thiazole rings is 1. The molecule has 3 rings (SSSR count). The lowest BCUT2D eigenvalue weighted by atomic mass is 10.0. The third kappa shape index (κ3) is 3.84. The molecule has 1 saturated heterocycles. The molecule has 0 radical (unpaired) electrons. The number of hydrogen-bond donors (Lipinski definition) is 0. The number of fused-ring (bicyclic) bond motifs is 1. The molecule has 0 saturated carbocycles. The topological polar surface area (TPSA) is 71.7 Å². The van der Waals surface area contributed by atoms with E-state index < -0.39 is 16.1 Å². The van der Waals surface area contributed by atoms with Crippen molar-refractivity contribution in [2.45, 2.75) is 30.2 Å². The van der Waals surface area contributed by atoms with Gasteiger partial charge < -0.3 is 4.57 Å². The van der Waals surface area contributed by atoms with E-state index in [0.29, 0.717) is 17.8 Å². The zero-order valence-electron chi connectivity index (χ0n) is 14.4. The molecule has 2 aromatic rings. The number of carbonyl (C=O) groups excluding carboxylic acids is 1. The summed E-state index contributed by atoms with van der Waals surface area (Å²) in [6.45, 7) is 0.389. The molecule has 1 aromatic heterocycles. The summed E-state index contributed by atoms with van der Waals surface area (Å²) >= 11 is 3.11.